The first kappa shape index (κ1) is 25.1. The minimum absolute atomic E-state index is 0.0266. The topological polar surface area (TPSA) is 90.9 Å². The average molecular weight is 480 g/mol. The molecule has 1 N–H and O–H groups in total. The molecule has 1 fully saturated rings. The van der Waals surface area contributed by atoms with Crippen LogP contribution >= 0.6 is 0 Å². The number of rotatable bonds is 9. The first-order valence-electron chi connectivity index (χ1n) is 10.8. The van der Waals surface area contributed by atoms with E-state index in [0.29, 0.717) is 18.8 Å². The zero-order valence-corrected chi connectivity index (χ0v) is 19.9. The molecule has 1 heterocycles. The SMILES string of the molecule is COc1cc(-c2ccc(F)cc2)ccc1CCC(C)(C(=O)NOC1CCCCO1)S(C)(=O)=O. The first-order chi connectivity index (χ1) is 15.6. The summed E-state index contributed by atoms with van der Waals surface area (Å²) in [5, 5.41) is 0. The number of carbonyl (C=O) groups is 1. The van der Waals surface area contributed by atoms with Crippen LogP contribution < -0.4 is 10.2 Å². The molecule has 2 aromatic rings. The van der Waals surface area contributed by atoms with E-state index in [9.17, 15) is 17.6 Å². The number of sulfone groups is 1. The number of ether oxygens (including phenoxy) is 2. The molecule has 0 saturated carbocycles. The van der Waals surface area contributed by atoms with Crippen molar-refractivity contribution >= 4 is 15.7 Å². The number of hydrogen-bond donors (Lipinski definition) is 1. The Morgan fingerprint density at radius 1 is 1.18 bits per heavy atom. The highest BCUT2D eigenvalue weighted by molar-refractivity contribution is 7.92. The zero-order chi connectivity index (χ0) is 24.1. The molecule has 0 spiro atoms. The van der Waals surface area contributed by atoms with Crippen LogP contribution in [0.1, 0.15) is 38.2 Å². The molecule has 2 unspecified atom stereocenters. The second-order valence-corrected chi connectivity index (χ2v) is 10.8. The van der Waals surface area contributed by atoms with E-state index in [4.69, 9.17) is 14.3 Å². The van der Waals surface area contributed by atoms with Gasteiger partial charge >= 0.3 is 0 Å². The molecule has 1 aliphatic rings. The molecule has 2 atom stereocenters. The van der Waals surface area contributed by atoms with Gasteiger partial charge in [-0.05, 0) is 67.5 Å². The van der Waals surface area contributed by atoms with Crippen LogP contribution in [0, 0.1) is 5.82 Å². The molecule has 1 saturated heterocycles. The Morgan fingerprint density at radius 2 is 1.88 bits per heavy atom. The number of hydrogen-bond acceptors (Lipinski definition) is 6. The van der Waals surface area contributed by atoms with E-state index in [-0.39, 0.29) is 18.7 Å². The third kappa shape index (κ3) is 6.10. The quantitative estimate of drug-likeness (QED) is 0.550. The smallest absolute Gasteiger partial charge is 0.264 e. The van der Waals surface area contributed by atoms with Crippen LogP contribution in [0.4, 0.5) is 4.39 Å². The third-order valence-corrected chi connectivity index (χ3v) is 8.08. The van der Waals surface area contributed by atoms with Gasteiger partial charge in [-0.1, -0.05) is 24.3 Å². The molecule has 180 valence electrons. The van der Waals surface area contributed by atoms with Crippen molar-refractivity contribution in [3.05, 3.63) is 53.8 Å². The maximum absolute atomic E-state index is 13.2. The Balaban J connectivity index is 1.74. The van der Waals surface area contributed by atoms with E-state index >= 15 is 0 Å². The maximum Gasteiger partial charge on any atom is 0.264 e. The highest BCUT2D eigenvalue weighted by atomic mass is 32.2. The number of nitrogens with one attached hydrogen (secondary N) is 1. The van der Waals surface area contributed by atoms with E-state index < -0.39 is 26.8 Å². The summed E-state index contributed by atoms with van der Waals surface area (Å²) >= 11 is 0. The van der Waals surface area contributed by atoms with E-state index in [1.807, 2.05) is 18.2 Å². The molecular weight excluding hydrogens is 449 g/mol. The largest absolute Gasteiger partial charge is 0.496 e. The van der Waals surface area contributed by atoms with Gasteiger partial charge in [0.25, 0.3) is 5.91 Å². The lowest BCUT2D eigenvalue weighted by atomic mass is 9.96. The molecule has 2 aromatic carbocycles. The second kappa shape index (κ2) is 10.6. The van der Waals surface area contributed by atoms with Gasteiger partial charge in [-0.2, -0.15) is 0 Å². The predicted octanol–water partition coefficient (Wildman–Crippen LogP) is 3.81. The minimum Gasteiger partial charge on any atom is -0.496 e. The van der Waals surface area contributed by atoms with Gasteiger partial charge in [0.2, 0.25) is 0 Å². The van der Waals surface area contributed by atoms with Crippen molar-refractivity contribution in [2.24, 2.45) is 0 Å². The van der Waals surface area contributed by atoms with Gasteiger partial charge < -0.3 is 9.47 Å². The summed E-state index contributed by atoms with van der Waals surface area (Å²) in [7, 11) is -2.25. The number of amides is 1. The summed E-state index contributed by atoms with van der Waals surface area (Å²) in [6.07, 6.45) is 3.24. The summed E-state index contributed by atoms with van der Waals surface area (Å²) in [5.41, 5.74) is 4.70. The average Bonchev–Trinajstić information content (AvgIpc) is 2.81. The van der Waals surface area contributed by atoms with Crippen LogP contribution in [0.2, 0.25) is 0 Å². The van der Waals surface area contributed by atoms with Crippen LogP contribution in [-0.2, 0) is 30.6 Å². The van der Waals surface area contributed by atoms with E-state index in [2.05, 4.69) is 5.48 Å². The van der Waals surface area contributed by atoms with Crippen LogP contribution in [-0.4, -0.2) is 45.3 Å². The molecule has 0 bridgehead atoms. The molecular formula is C24H30FNO6S. The van der Waals surface area contributed by atoms with Crippen LogP contribution in [0.5, 0.6) is 5.75 Å². The molecule has 7 nitrogen and oxygen atoms in total. The van der Waals surface area contributed by atoms with Crippen molar-refractivity contribution in [2.45, 2.75) is 50.1 Å². The second-order valence-electron chi connectivity index (χ2n) is 8.38. The highest BCUT2D eigenvalue weighted by Crippen LogP contribution is 2.31. The lowest BCUT2D eigenvalue weighted by molar-refractivity contribution is -0.201. The van der Waals surface area contributed by atoms with Gasteiger partial charge in [-0.15, -0.1) is 0 Å². The lowest BCUT2D eigenvalue weighted by Crippen LogP contribution is -2.51. The molecule has 3 rings (SSSR count). The van der Waals surface area contributed by atoms with Crippen LogP contribution in [0.25, 0.3) is 11.1 Å². The fourth-order valence-electron chi connectivity index (χ4n) is 3.64. The van der Waals surface area contributed by atoms with Crippen molar-refractivity contribution in [1.82, 2.24) is 5.48 Å². The van der Waals surface area contributed by atoms with Gasteiger partial charge in [0.1, 0.15) is 16.3 Å². The molecule has 0 radical (unpaired) electrons. The monoisotopic (exact) mass is 479 g/mol. The first-order valence-corrected chi connectivity index (χ1v) is 12.7. The summed E-state index contributed by atoms with van der Waals surface area (Å²) < 4.78 is 47.6. The Hall–Kier alpha value is -2.49. The Morgan fingerprint density at radius 3 is 2.48 bits per heavy atom. The molecule has 33 heavy (non-hydrogen) atoms. The van der Waals surface area contributed by atoms with Crippen molar-refractivity contribution in [1.29, 1.82) is 0 Å². The number of halogens is 1. The standard InChI is InChI=1S/C24H30FNO6S/c1-24(33(3,28)29,23(27)26-32-22-6-4-5-15-31-22)14-13-18-7-8-19(16-21(18)30-2)17-9-11-20(25)12-10-17/h7-12,16,22H,4-6,13-15H2,1-3H3,(H,26,27). The fourth-order valence-corrected chi connectivity index (χ4v) is 4.50. The fraction of sp³-hybridized carbons (Fsp3) is 0.458. The molecule has 0 aliphatic carbocycles. The van der Waals surface area contributed by atoms with Gasteiger partial charge in [0.15, 0.2) is 16.1 Å². The van der Waals surface area contributed by atoms with E-state index in [1.54, 1.807) is 12.1 Å². The third-order valence-electron chi connectivity index (χ3n) is 6.06. The van der Waals surface area contributed by atoms with Gasteiger partial charge in [0.05, 0.1) is 7.11 Å². The Kier molecular flexibility index (Phi) is 8.10. The molecule has 0 aromatic heterocycles. The highest BCUT2D eigenvalue weighted by Gasteiger charge is 2.44. The number of carbonyl (C=O) groups excluding carboxylic acids is 1. The molecule has 1 aliphatic heterocycles. The summed E-state index contributed by atoms with van der Waals surface area (Å²) in [5.74, 6) is -0.499. The number of methoxy groups -OCH3 is 1. The number of aryl methyl sites for hydroxylation is 1. The van der Waals surface area contributed by atoms with Crippen molar-refractivity contribution < 1.29 is 31.9 Å². The van der Waals surface area contributed by atoms with Crippen molar-refractivity contribution in [3.8, 4) is 16.9 Å². The van der Waals surface area contributed by atoms with Crippen molar-refractivity contribution in [2.75, 3.05) is 20.0 Å². The normalized spacial score (nSPS) is 18.4. The summed E-state index contributed by atoms with van der Waals surface area (Å²) in [4.78, 5) is 18.2. The zero-order valence-electron chi connectivity index (χ0n) is 19.1. The summed E-state index contributed by atoms with van der Waals surface area (Å²) in [6.45, 7) is 1.93. The van der Waals surface area contributed by atoms with E-state index in [1.165, 1.54) is 26.2 Å². The van der Waals surface area contributed by atoms with Gasteiger partial charge in [-0.3, -0.25) is 4.79 Å². The Labute approximate surface area is 194 Å². The van der Waals surface area contributed by atoms with E-state index in [0.717, 1.165) is 35.8 Å². The summed E-state index contributed by atoms with van der Waals surface area (Å²) in [6, 6.07) is 11.6. The number of benzene rings is 2. The number of hydroxylamine groups is 1. The van der Waals surface area contributed by atoms with Crippen LogP contribution in [0.15, 0.2) is 42.5 Å². The lowest BCUT2D eigenvalue weighted by Gasteiger charge is -2.28. The van der Waals surface area contributed by atoms with Gasteiger partial charge in [-0.25, -0.2) is 23.1 Å². The maximum atomic E-state index is 13.2. The van der Waals surface area contributed by atoms with Crippen molar-refractivity contribution in [3.63, 3.8) is 0 Å². The predicted molar refractivity (Wildman–Crippen MR) is 123 cm³/mol. The molecule has 1 amide bonds. The van der Waals surface area contributed by atoms with Crippen LogP contribution in [0.3, 0.4) is 0 Å². The minimum atomic E-state index is -3.77. The molecule has 9 heteroatoms. The Bertz CT molecular complexity index is 1070. The van der Waals surface area contributed by atoms with Gasteiger partial charge in [0, 0.05) is 19.3 Å².